The van der Waals surface area contributed by atoms with E-state index in [1.165, 1.54) is 0 Å². The van der Waals surface area contributed by atoms with Crippen LogP contribution in [0.3, 0.4) is 0 Å². The molecule has 0 bridgehead atoms. The number of hydrogen-bond acceptors (Lipinski definition) is 6. The summed E-state index contributed by atoms with van der Waals surface area (Å²) in [6, 6.07) is 0. The van der Waals surface area contributed by atoms with Gasteiger partial charge in [-0.25, -0.2) is 4.63 Å². The molecule has 1 N–H and O–H groups in total. The predicted octanol–water partition coefficient (Wildman–Crippen LogP) is 0.351. The van der Waals surface area contributed by atoms with E-state index in [2.05, 4.69) is 19.8 Å². The van der Waals surface area contributed by atoms with E-state index in [1.807, 2.05) is 6.92 Å². The van der Waals surface area contributed by atoms with Crippen LogP contribution in [0.2, 0.25) is 0 Å². The molecule has 0 spiro atoms. The molecular weight excluding hydrogens is 222 g/mol. The van der Waals surface area contributed by atoms with Gasteiger partial charge in [-0.05, 0) is 19.8 Å². The van der Waals surface area contributed by atoms with Gasteiger partial charge in [0.25, 0.3) is 0 Å². The van der Waals surface area contributed by atoms with Gasteiger partial charge in [-0.1, -0.05) is 10.3 Å². The number of hydrogen-bond donors (Lipinski definition) is 1. The Kier molecular flexibility index (Phi) is 4.47. The second kappa shape index (κ2) is 6.09. The lowest BCUT2D eigenvalue weighted by Gasteiger charge is -2.31. The highest BCUT2D eigenvalue weighted by Crippen LogP contribution is 2.16. The normalized spacial score (nSPS) is 18.7. The van der Waals surface area contributed by atoms with Crippen molar-refractivity contribution < 1.29 is 14.5 Å². The summed E-state index contributed by atoms with van der Waals surface area (Å²) in [5, 5.41) is 16.3. The first-order chi connectivity index (χ1) is 8.29. The minimum atomic E-state index is 0.101. The van der Waals surface area contributed by atoms with Crippen molar-refractivity contribution in [2.24, 2.45) is 0 Å². The molecule has 96 valence electrons. The number of ether oxygens (including phenoxy) is 1. The van der Waals surface area contributed by atoms with E-state index in [1.54, 1.807) is 0 Å². The molecule has 6 nitrogen and oxygen atoms in total. The molecule has 17 heavy (non-hydrogen) atoms. The van der Waals surface area contributed by atoms with Gasteiger partial charge in [-0.2, -0.15) is 0 Å². The number of rotatable bonds is 5. The molecule has 0 saturated carbocycles. The van der Waals surface area contributed by atoms with Crippen LogP contribution in [0.1, 0.15) is 24.2 Å². The SMILES string of the molecule is Cc1nonc1CN1CCC(OCCO)CC1. The predicted molar refractivity (Wildman–Crippen MR) is 60.4 cm³/mol. The fourth-order valence-corrected chi connectivity index (χ4v) is 2.06. The molecule has 0 aromatic carbocycles. The lowest BCUT2D eigenvalue weighted by Crippen LogP contribution is -2.37. The molecule has 1 aliphatic rings. The number of aryl methyl sites for hydroxylation is 1. The van der Waals surface area contributed by atoms with Crippen LogP contribution in [0.25, 0.3) is 0 Å². The van der Waals surface area contributed by atoms with E-state index in [4.69, 9.17) is 9.84 Å². The smallest absolute Gasteiger partial charge is 0.122 e. The number of nitrogens with zero attached hydrogens (tertiary/aromatic N) is 3. The van der Waals surface area contributed by atoms with Gasteiger partial charge in [0.15, 0.2) is 0 Å². The average Bonchev–Trinajstić information content (AvgIpc) is 2.74. The van der Waals surface area contributed by atoms with Gasteiger partial charge >= 0.3 is 0 Å². The van der Waals surface area contributed by atoms with Gasteiger partial charge in [0.1, 0.15) is 11.4 Å². The van der Waals surface area contributed by atoms with E-state index in [0.717, 1.165) is 43.9 Å². The highest BCUT2D eigenvalue weighted by Gasteiger charge is 2.21. The monoisotopic (exact) mass is 241 g/mol. The van der Waals surface area contributed by atoms with Crippen molar-refractivity contribution in [3.63, 3.8) is 0 Å². The van der Waals surface area contributed by atoms with E-state index in [0.29, 0.717) is 6.61 Å². The Morgan fingerprint density at radius 2 is 2.18 bits per heavy atom. The maximum atomic E-state index is 8.69. The second-order valence-corrected chi connectivity index (χ2v) is 4.37. The van der Waals surface area contributed by atoms with Crippen molar-refractivity contribution in [2.75, 3.05) is 26.3 Å². The lowest BCUT2D eigenvalue weighted by atomic mass is 10.1. The van der Waals surface area contributed by atoms with Gasteiger partial charge in [0.05, 0.1) is 19.3 Å². The Hall–Kier alpha value is -0.980. The van der Waals surface area contributed by atoms with Crippen LogP contribution in [-0.4, -0.2) is 52.7 Å². The molecule has 0 radical (unpaired) electrons. The maximum absolute atomic E-state index is 8.69. The summed E-state index contributed by atoms with van der Waals surface area (Å²) in [7, 11) is 0. The molecule has 6 heteroatoms. The Morgan fingerprint density at radius 3 is 2.76 bits per heavy atom. The fraction of sp³-hybridized carbons (Fsp3) is 0.818. The molecular formula is C11H19N3O3. The van der Waals surface area contributed by atoms with E-state index in [9.17, 15) is 0 Å². The number of piperidine rings is 1. The molecule has 0 amide bonds. The Balaban J connectivity index is 1.74. The zero-order valence-electron chi connectivity index (χ0n) is 10.1. The van der Waals surface area contributed by atoms with Gasteiger partial charge in [-0.3, -0.25) is 4.90 Å². The van der Waals surface area contributed by atoms with Crippen LogP contribution in [-0.2, 0) is 11.3 Å². The largest absolute Gasteiger partial charge is 0.394 e. The van der Waals surface area contributed by atoms with Crippen LogP contribution >= 0.6 is 0 Å². The molecule has 2 rings (SSSR count). The van der Waals surface area contributed by atoms with Gasteiger partial charge < -0.3 is 9.84 Å². The number of aliphatic hydroxyl groups excluding tert-OH is 1. The fourth-order valence-electron chi connectivity index (χ4n) is 2.06. The molecule has 1 aliphatic heterocycles. The van der Waals surface area contributed by atoms with Crippen LogP contribution in [0.4, 0.5) is 0 Å². The van der Waals surface area contributed by atoms with Crippen molar-refractivity contribution in [1.82, 2.24) is 15.2 Å². The minimum absolute atomic E-state index is 0.101. The third-order valence-electron chi connectivity index (χ3n) is 3.10. The highest BCUT2D eigenvalue weighted by molar-refractivity contribution is 5.04. The van der Waals surface area contributed by atoms with Crippen LogP contribution in [0, 0.1) is 6.92 Å². The summed E-state index contributed by atoms with van der Waals surface area (Å²) in [4.78, 5) is 2.32. The summed E-state index contributed by atoms with van der Waals surface area (Å²) in [5.41, 5.74) is 1.78. The van der Waals surface area contributed by atoms with E-state index < -0.39 is 0 Å². The number of aliphatic hydroxyl groups is 1. The highest BCUT2D eigenvalue weighted by atomic mass is 16.6. The van der Waals surface area contributed by atoms with Gasteiger partial charge in [-0.15, -0.1) is 0 Å². The maximum Gasteiger partial charge on any atom is 0.122 e. The third-order valence-corrected chi connectivity index (χ3v) is 3.10. The van der Waals surface area contributed by atoms with Crippen molar-refractivity contribution in [3.05, 3.63) is 11.4 Å². The molecule has 0 aliphatic carbocycles. The Bertz CT molecular complexity index is 334. The van der Waals surface area contributed by atoms with Crippen molar-refractivity contribution in [2.45, 2.75) is 32.4 Å². The van der Waals surface area contributed by atoms with E-state index in [-0.39, 0.29) is 12.7 Å². The zero-order valence-corrected chi connectivity index (χ0v) is 10.1. The van der Waals surface area contributed by atoms with Crippen molar-refractivity contribution in [3.8, 4) is 0 Å². The zero-order chi connectivity index (χ0) is 12.1. The summed E-state index contributed by atoms with van der Waals surface area (Å²) in [5.74, 6) is 0. The van der Waals surface area contributed by atoms with Gasteiger partial charge in [0, 0.05) is 19.6 Å². The molecule has 0 atom stereocenters. The first-order valence-electron chi connectivity index (χ1n) is 6.02. The van der Waals surface area contributed by atoms with Crippen LogP contribution in [0.5, 0.6) is 0 Å². The molecule has 1 fully saturated rings. The summed E-state index contributed by atoms with van der Waals surface area (Å²) < 4.78 is 10.2. The number of aromatic nitrogens is 2. The second-order valence-electron chi connectivity index (χ2n) is 4.37. The van der Waals surface area contributed by atoms with Gasteiger partial charge in [0.2, 0.25) is 0 Å². The number of likely N-dealkylation sites (tertiary alicyclic amines) is 1. The quantitative estimate of drug-likeness (QED) is 0.802. The lowest BCUT2D eigenvalue weighted by molar-refractivity contribution is -0.00932. The summed E-state index contributed by atoms with van der Waals surface area (Å²) in [6.45, 7) is 5.22. The van der Waals surface area contributed by atoms with Crippen molar-refractivity contribution >= 4 is 0 Å². The first-order valence-corrected chi connectivity index (χ1v) is 6.02. The minimum Gasteiger partial charge on any atom is -0.394 e. The summed E-state index contributed by atoms with van der Waals surface area (Å²) >= 11 is 0. The molecule has 2 heterocycles. The van der Waals surface area contributed by atoms with E-state index >= 15 is 0 Å². The summed E-state index contributed by atoms with van der Waals surface area (Å²) in [6.07, 6.45) is 2.30. The topological polar surface area (TPSA) is 71.6 Å². The average molecular weight is 241 g/mol. The molecule has 1 saturated heterocycles. The van der Waals surface area contributed by atoms with Crippen LogP contribution in [0.15, 0.2) is 4.63 Å². The van der Waals surface area contributed by atoms with Crippen LogP contribution < -0.4 is 0 Å². The van der Waals surface area contributed by atoms with Crippen molar-refractivity contribution in [1.29, 1.82) is 0 Å². The molecule has 1 aromatic heterocycles. The standard InChI is InChI=1S/C11H19N3O3/c1-9-11(13-17-12-9)8-14-4-2-10(3-5-14)16-7-6-15/h10,15H,2-8H2,1H3. The first kappa shape index (κ1) is 12.5. The Morgan fingerprint density at radius 1 is 1.41 bits per heavy atom. The third kappa shape index (κ3) is 3.49. The molecule has 0 unspecified atom stereocenters. The molecule has 1 aromatic rings. The Labute approximate surface area is 101 Å².